The lowest BCUT2D eigenvalue weighted by Gasteiger charge is -2.55. The quantitative estimate of drug-likeness (QED) is 0.216. The van der Waals surface area contributed by atoms with Gasteiger partial charge in [-0.05, 0) is 80.8 Å². The highest BCUT2D eigenvalue weighted by Gasteiger charge is 2.43. The Labute approximate surface area is 211 Å². The minimum absolute atomic E-state index is 0.150. The summed E-state index contributed by atoms with van der Waals surface area (Å²) in [6, 6.07) is 8.85. The predicted octanol–water partition coefficient (Wildman–Crippen LogP) is 7.44. The van der Waals surface area contributed by atoms with E-state index >= 15 is 0 Å². The van der Waals surface area contributed by atoms with Crippen LogP contribution in [0.15, 0.2) is 24.3 Å². The molecule has 0 radical (unpaired) electrons. The number of rotatable bonds is 13. The number of aryl methyl sites for hydroxylation is 1. The standard InChI is InChI=1S/C25H47NO2S4/c1-10-12-18-24(3,4)32(8,9)28-25(5,26)31(6,7)19-17-21-13-15-22(16-14-21)20-30-23(29)27-11-2/h13-16H,10-12,17-20,26H2,1-9H3. The fourth-order valence-corrected chi connectivity index (χ4v) is 8.21. The number of hydrogen-bond donors (Lipinski definition) is 1. The number of thiocarbonyl (C=S) groups is 1. The number of thioether (sulfide) groups is 1. The first-order valence-corrected chi connectivity index (χ1v) is 17.9. The summed E-state index contributed by atoms with van der Waals surface area (Å²) in [5, 5.41) is -0.610. The zero-order valence-corrected chi connectivity index (χ0v) is 25.1. The van der Waals surface area contributed by atoms with Gasteiger partial charge < -0.3 is 8.92 Å². The number of nitrogens with two attached hydrogens (primary N) is 1. The molecule has 0 saturated carbocycles. The van der Waals surface area contributed by atoms with Crippen LogP contribution in [0.1, 0.15) is 65.0 Å². The van der Waals surface area contributed by atoms with Crippen LogP contribution >= 0.6 is 44.3 Å². The molecule has 1 atom stereocenters. The summed E-state index contributed by atoms with van der Waals surface area (Å²) < 4.78 is 12.9. The van der Waals surface area contributed by atoms with Crippen LogP contribution in [0.2, 0.25) is 0 Å². The molecule has 0 heterocycles. The van der Waals surface area contributed by atoms with E-state index in [1.807, 2.05) is 6.92 Å². The summed E-state index contributed by atoms with van der Waals surface area (Å²) in [5.41, 5.74) is 9.50. The van der Waals surface area contributed by atoms with Crippen molar-refractivity contribution in [1.82, 2.24) is 0 Å². The number of benzene rings is 1. The van der Waals surface area contributed by atoms with Crippen molar-refractivity contribution >= 4 is 48.7 Å². The lowest BCUT2D eigenvalue weighted by Crippen LogP contribution is -2.48. The van der Waals surface area contributed by atoms with Crippen LogP contribution in [0, 0.1) is 0 Å². The maximum absolute atomic E-state index is 6.90. The molecule has 32 heavy (non-hydrogen) atoms. The third-order valence-corrected chi connectivity index (χ3v) is 15.0. The van der Waals surface area contributed by atoms with E-state index in [2.05, 4.69) is 77.0 Å². The van der Waals surface area contributed by atoms with Gasteiger partial charge in [-0.2, -0.15) is 0 Å². The van der Waals surface area contributed by atoms with Crippen molar-refractivity contribution < 1.29 is 8.92 Å². The number of ether oxygens (including phenoxy) is 1. The molecule has 1 aromatic rings. The molecule has 0 spiro atoms. The van der Waals surface area contributed by atoms with Crippen molar-refractivity contribution in [1.29, 1.82) is 0 Å². The highest BCUT2D eigenvalue weighted by atomic mass is 32.3. The molecule has 1 aromatic carbocycles. The van der Waals surface area contributed by atoms with E-state index < -0.39 is 25.4 Å². The summed E-state index contributed by atoms with van der Waals surface area (Å²) in [4.78, 5) is 0. The summed E-state index contributed by atoms with van der Waals surface area (Å²) in [6.45, 7) is 11.6. The molecular weight excluding hydrogens is 475 g/mol. The summed E-state index contributed by atoms with van der Waals surface area (Å²) in [7, 11) is -2.48. The first-order valence-electron chi connectivity index (χ1n) is 11.5. The molecule has 0 aliphatic rings. The molecule has 2 N–H and O–H groups in total. The van der Waals surface area contributed by atoms with E-state index in [4.69, 9.17) is 26.9 Å². The second-order valence-corrected chi connectivity index (χ2v) is 19.6. The Bertz CT molecular complexity index is 715. The van der Waals surface area contributed by atoms with Gasteiger partial charge in [0.25, 0.3) is 0 Å². The lowest BCUT2D eigenvalue weighted by atomic mass is 10.1. The normalized spacial score (nSPS) is 15.8. The predicted molar refractivity (Wildman–Crippen MR) is 157 cm³/mol. The molecule has 0 aromatic heterocycles. The average Bonchev–Trinajstić information content (AvgIpc) is 2.69. The van der Waals surface area contributed by atoms with Gasteiger partial charge in [0.05, 0.1) is 6.61 Å². The van der Waals surface area contributed by atoms with Crippen LogP contribution in [0.25, 0.3) is 0 Å². The molecule has 0 bridgehead atoms. The Hall–Kier alpha value is 0.0800. The number of hydrogen-bond acceptors (Lipinski definition) is 5. The summed E-state index contributed by atoms with van der Waals surface area (Å²) >= 11 is 6.77. The van der Waals surface area contributed by atoms with Gasteiger partial charge in [0, 0.05) is 10.5 Å². The van der Waals surface area contributed by atoms with E-state index in [-0.39, 0.29) is 4.75 Å². The van der Waals surface area contributed by atoms with Gasteiger partial charge in [-0.15, -0.1) is 10.3 Å². The van der Waals surface area contributed by atoms with Crippen molar-refractivity contribution in [3.63, 3.8) is 0 Å². The van der Waals surface area contributed by atoms with Crippen molar-refractivity contribution in [2.45, 2.75) is 75.9 Å². The molecule has 3 nitrogen and oxygen atoms in total. The first-order chi connectivity index (χ1) is 14.7. The Morgan fingerprint density at radius 1 is 1.03 bits per heavy atom. The number of unbranched alkanes of at least 4 members (excludes halogenated alkanes) is 1. The van der Waals surface area contributed by atoms with Crippen LogP contribution in [-0.2, 0) is 21.1 Å². The molecule has 188 valence electrons. The van der Waals surface area contributed by atoms with Gasteiger partial charge in [0.1, 0.15) is 0 Å². The smallest absolute Gasteiger partial charge is 0.220 e. The third kappa shape index (κ3) is 9.03. The zero-order chi connectivity index (χ0) is 24.6. The van der Waals surface area contributed by atoms with Crippen LogP contribution in [-0.4, -0.2) is 51.6 Å². The Kier molecular flexibility index (Phi) is 11.9. The summed E-state index contributed by atoms with van der Waals surface area (Å²) in [6.07, 6.45) is 13.9. The van der Waals surface area contributed by atoms with Crippen molar-refractivity contribution in [3.05, 3.63) is 35.4 Å². The van der Waals surface area contributed by atoms with Crippen molar-refractivity contribution in [2.24, 2.45) is 5.73 Å². The molecule has 0 aliphatic heterocycles. The molecule has 1 rings (SSSR count). The fraction of sp³-hybridized carbons (Fsp3) is 0.720. The monoisotopic (exact) mass is 521 g/mol. The van der Waals surface area contributed by atoms with Gasteiger partial charge in [0.2, 0.25) is 4.38 Å². The lowest BCUT2D eigenvalue weighted by molar-refractivity contribution is 0.212. The van der Waals surface area contributed by atoms with Gasteiger partial charge in [0.15, 0.2) is 5.06 Å². The molecule has 7 heteroatoms. The third-order valence-electron chi connectivity index (χ3n) is 6.48. The molecule has 0 aliphatic carbocycles. The molecule has 0 fully saturated rings. The van der Waals surface area contributed by atoms with Crippen LogP contribution in [0.3, 0.4) is 0 Å². The Morgan fingerprint density at radius 2 is 1.59 bits per heavy atom. The molecule has 0 saturated heterocycles. The van der Waals surface area contributed by atoms with Gasteiger partial charge >= 0.3 is 0 Å². The highest BCUT2D eigenvalue weighted by molar-refractivity contribution is 8.34. The van der Waals surface area contributed by atoms with Crippen molar-refractivity contribution in [2.75, 3.05) is 37.4 Å². The minimum atomic E-state index is -1.31. The van der Waals surface area contributed by atoms with Gasteiger partial charge in [-0.25, -0.2) is 10.0 Å². The van der Waals surface area contributed by atoms with E-state index in [9.17, 15) is 0 Å². The second-order valence-electron chi connectivity index (χ2n) is 9.98. The second kappa shape index (κ2) is 12.7. The highest BCUT2D eigenvalue weighted by Crippen LogP contribution is 2.63. The van der Waals surface area contributed by atoms with E-state index in [1.54, 1.807) is 11.8 Å². The maximum Gasteiger partial charge on any atom is 0.220 e. The summed E-state index contributed by atoms with van der Waals surface area (Å²) in [5.74, 6) is 1.89. The molecule has 1 unspecified atom stereocenters. The van der Waals surface area contributed by atoms with E-state index in [0.29, 0.717) is 11.0 Å². The first kappa shape index (κ1) is 30.1. The van der Waals surface area contributed by atoms with Crippen molar-refractivity contribution in [3.8, 4) is 0 Å². The average molecular weight is 522 g/mol. The van der Waals surface area contributed by atoms with Gasteiger partial charge in [-0.3, -0.25) is 5.73 Å². The Morgan fingerprint density at radius 3 is 2.12 bits per heavy atom. The zero-order valence-electron chi connectivity index (χ0n) is 21.8. The SMILES string of the molecule is CCCCC(C)(C)S(C)(C)OC(C)(N)S(C)(C)CCc1ccc(CSC(=S)OCC)cc1. The topological polar surface area (TPSA) is 44.5 Å². The largest absolute Gasteiger partial charge is 0.479 e. The van der Waals surface area contributed by atoms with Crippen LogP contribution in [0.4, 0.5) is 0 Å². The van der Waals surface area contributed by atoms with E-state index in [0.717, 1.165) is 17.9 Å². The Balaban J connectivity index is 2.73. The van der Waals surface area contributed by atoms with Gasteiger partial charge in [-0.1, -0.05) is 69.6 Å². The fourth-order valence-electron chi connectivity index (χ4n) is 3.15. The minimum Gasteiger partial charge on any atom is -0.479 e. The maximum atomic E-state index is 6.90. The molecule has 0 amide bonds. The van der Waals surface area contributed by atoms with Crippen LogP contribution < -0.4 is 5.73 Å². The van der Waals surface area contributed by atoms with E-state index in [1.165, 1.54) is 30.4 Å². The molecular formula is C25H47NO2S4. The van der Waals surface area contributed by atoms with Crippen LogP contribution in [0.5, 0.6) is 0 Å².